The Kier molecular flexibility index (Phi) is 5.77. The van der Waals surface area contributed by atoms with Crippen LogP contribution >= 0.6 is 0 Å². The van der Waals surface area contributed by atoms with Crippen LogP contribution in [-0.2, 0) is 4.74 Å². The van der Waals surface area contributed by atoms with Crippen LogP contribution < -0.4 is 5.32 Å². The summed E-state index contributed by atoms with van der Waals surface area (Å²) in [6.07, 6.45) is 6.91. The Hall–Kier alpha value is -0.0800. The monoisotopic (exact) mass is 227 g/mol. The fourth-order valence-electron chi connectivity index (χ4n) is 2.14. The van der Waals surface area contributed by atoms with Gasteiger partial charge in [-0.3, -0.25) is 0 Å². The Morgan fingerprint density at radius 2 is 1.81 bits per heavy atom. The molecule has 0 heterocycles. The highest BCUT2D eigenvalue weighted by Crippen LogP contribution is 2.25. The van der Waals surface area contributed by atoms with Crippen LogP contribution in [0.15, 0.2) is 0 Å². The van der Waals surface area contributed by atoms with Gasteiger partial charge in [-0.25, -0.2) is 0 Å². The van der Waals surface area contributed by atoms with Gasteiger partial charge in [0.15, 0.2) is 0 Å². The third-order valence-corrected chi connectivity index (χ3v) is 3.91. The molecule has 1 aliphatic rings. The number of nitrogens with one attached hydrogen (secondary N) is 1. The lowest BCUT2D eigenvalue weighted by molar-refractivity contribution is 0.0194. The highest BCUT2D eigenvalue weighted by molar-refractivity contribution is 4.75. The minimum absolute atomic E-state index is 0.254. The van der Waals surface area contributed by atoms with Gasteiger partial charge >= 0.3 is 0 Å². The maximum absolute atomic E-state index is 5.91. The standard InChI is InChI=1S/C14H29NO/c1-5-14(3,4)15-10-11-16-13-8-6-12(2)7-9-13/h12-13,15H,5-11H2,1-4H3. The fraction of sp³-hybridized carbons (Fsp3) is 1.00. The molecule has 0 aliphatic heterocycles. The summed E-state index contributed by atoms with van der Waals surface area (Å²) in [7, 11) is 0. The van der Waals surface area contributed by atoms with Crippen LogP contribution in [0, 0.1) is 5.92 Å². The van der Waals surface area contributed by atoms with E-state index in [4.69, 9.17) is 4.74 Å². The summed E-state index contributed by atoms with van der Waals surface area (Å²) >= 11 is 0. The molecule has 0 bridgehead atoms. The molecule has 1 saturated carbocycles. The van der Waals surface area contributed by atoms with E-state index >= 15 is 0 Å². The molecule has 1 N–H and O–H groups in total. The van der Waals surface area contributed by atoms with Crippen molar-refractivity contribution in [2.45, 2.75) is 71.4 Å². The fourth-order valence-corrected chi connectivity index (χ4v) is 2.14. The molecule has 2 heteroatoms. The van der Waals surface area contributed by atoms with E-state index in [9.17, 15) is 0 Å². The molecular weight excluding hydrogens is 198 g/mol. The summed E-state index contributed by atoms with van der Waals surface area (Å²) in [5.74, 6) is 0.914. The Morgan fingerprint density at radius 3 is 2.38 bits per heavy atom. The van der Waals surface area contributed by atoms with E-state index in [0.29, 0.717) is 6.10 Å². The van der Waals surface area contributed by atoms with Crippen LogP contribution in [0.2, 0.25) is 0 Å². The molecule has 96 valence electrons. The van der Waals surface area contributed by atoms with Crippen LogP contribution in [0.1, 0.15) is 59.8 Å². The maximum Gasteiger partial charge on any atom is 0.0594 e. The van der Waals surface area contributed by atoms with Crippen molar-refractivity contribution < 1.29 is 4.74 Å². The predicted octanol–water partition coefficient (Wildman–Crippen LogP) is 3.36. The Bertz CT molecular complexity index is 183. The first-order valence-electron chi connectivity index (χ1n) is 6.90. The highest BCUT2D eigenvalue weighted by atomic mass is 16.5. The van der Waals surface area contributed by atoms with E-state index in [2.05, 4.69) is 33.0 Å². The third-order valence-electron chi connectivity index (χ3n) is 3.91. The van der Waals surface area contributed by atoms with Gasteiger partial charge in [0.1, 0.15) is 0 Å². The van der Waals surface area contributed by atoms with E-state index < -0.39 is 0 Å². The molecule has 0 unspecified atom stereocenters. The lowest BCUT2D eigenvalue weighted by atomic mass is 9.89. The van der Waals surface area contributed by atoms with E-state index in [0.717, 1.165) is 25.5 Å². The lowest BCUT2D eigenvalue weighted by Crippen LogP contribution is -2.40. The molecule has 2 nitrogen and oxygen atoms in total. The van der Waals surface area contributed by atoms with Crippen molar-refractivity contribution in [3.63, 3.8) is 0 Å². The zero-order chi connectivity index (χ0) is 12.0. The number of ether oxygens (including phenoxy) is 1. The van der Waals surface area contributed by atoms with Crippen molar-refractivity contribution in [1.82, 2.24) is 5.32 Å². The zero-order valence-electron chi connectivity index (χ0n) is 11.5. The van der Waals surface area contributed by atoms with Gasteiger partial charge in [0.25, 0.3) is 0 Å². The predicted molar refractivity (Wildman–Crippen MR) is 69.7 cm³/mol. The Labute approximate surface area is 101 Å². The van der Waals surface area contributed by atoms with Gasteiger partial charge in [0.05, 0.1) is 12.7 Å². The Balaban J connectivity index is 2.03. The van der Waals surface area contributed by atoms with Crippen LogP contribution in [0.4, 0.5) is 0 Å². The van der Waals surface area contributed by atoms with Crippen molar-refractivity contribution in [1.29, 1.82) is 0 Å². The quantitative estimate of drug-likeness (QED) is 0.703. The van der Waals surface area contributed by atoms with Crippen molar-refractivity contribution in [3.8, 4) is 0 Å². The molecule has 1 rings (SSSR count). The molecule has 0 saturated heterocycles. The molecule has 16 heavy (non-hydrogen) atoms. The minimum atomic E-state index is 0.254. The maximum atomic E-state index is 5.91. The van der Waals surface area contributed by atoms with E-state index in [-0.39, 0.29) is 5.54 Å². The summed E-state index contributed by atoms with van der Waals surface area (Å²) in [6, 6.07) is 0. The van der Waals surface area contributed by atoms with Crippen LogP contribution in [-0.4, -0.2) is 24.8 Å². The zero-order valence-corrected chi connectivity index (χ0v) is 11.5. The van der Waals surface area contributed by atoms with Crippen LogP contribution in [0.5, 0.6) is 0 Å². The normalized spacial score (nSPS) is 27.0. The third kappa shape index (κ3) is 5.31. The van der Waals surface area contributed by atoms with E-state index in [1.165, 1.54) is 25.7 Å². The van der Waals surface area contributed by atoms with Gasteiger partial charge in [-0.2, -0.15) is 0 Å². The second-order valence-electron chi connectivity index (χ2n) is 5.92. The van der Waals surface area contributed by atoms with Gasteiger partial charge in [-0.15, -0.1) is 0 Å². The molecule has 1 fully saturated rings. The van der Waals surface area contributed by atoms with Crippen molar-refractivity contribution >= 4 is 0 Å². The van der Waals surface area contributed by atoms with Crippen molar-refractivity contribution in [2.75, 3.05) is 13.2 Å². The minimum Gasteiger partial charge on any atom is -0.377 e. The topological polar surface area (TPSA) is 21.3 Å². The van der Waals surface area contributed by atoms with Gasteiger partial charge < -0.3 is 10.1 Å². The summed E-state index contributed by atoms with van der Waals surface area (Å²) in [5, 5.41) is 3.53. The summed E-state index contributed by atoms with van der Waals surface area (Å²) in [6.45, 7) is 10.9. The SMILES string of the molecule is CCC(C)(C)NCCOC1CCC(C)CC1. The van der Waals surface area contributed by atoms with Crippen LogP contribution in [0.25, 0.3) is 0 Å². The second-order valence-corrected chi connectivity index (χ2v) is 5.92. The molecule has 0 spiro atoms. The first-order valence-corrected chi connectivity index (χ1v) is 6.90. The van der Waals surface area contributed by atoms with Gasteiger partial charge in [0, 0.05) is 12.1 Å². The first kappa shape index (κ1) is 14.0. The largest absolute Gasteiger partial charge is 0.377 e. The molecule has 0 radical (unpaired) electrons. The average molecular weight is 227 g/mol. The van der Waals surface area contributed by atoms with E-state index in [1.54, 1.807) is 0 Å². The molecule has 0 atom stereocenters. The summed E-state index contributed by atoms with van der Waals surface area (Å²) in [4.78, 5) is 0. The molecular formula is C14H29NO. The average Bonchev–Trinajstić information content (AvgIpc) is 2.27. The molecule has 0 aromatic heterocycles. The number of hydrogen-bond donors (Lipinski definition) is 1. The summed E-state index contributed by atoms with van der Waals surface area (Å²) in [5.41, 5.74) is 0.254. The number of hydrogen-bond acceptors (Lipinski definition) is 2. The smallest absolute Gasteiger partial charge is 0.0594 e. The van der Waals surface area contributed by atoms with Crippen molar-refractivity contribution in [3.05, 3.63) is 0 Å². The molecule has 1 aliphatic carbocycles. The number of rotatable bonds is 6. The highest BCUT2D eigenvalue weighted by Gasteiger charge is 2.18. The van der Waals surface area contributed by atoms with E-state index in [1.807, 2.05) is 0 Å². The van der Waals surface area contributed by atoms with Gasteiger partial charge in [-0.05, 0) is 51.9 Å². The first-order chi connectivity index (χ1) is 7.53. The molecule has 0 amide bonds. The lowest BCUT2D eigenvalue weighted by Gasteiger charge is -2.28. The van der Waals surface area contributed by atoms with Gasteiger partial charge in [0.2, 0.25) is 0 Å². The second kappa shape index (κ2) is 6.61. The Morgan fingerprint density at radius 1 is 1.19 bits per heavy atom. The van der Waals surface area contributed by atoms with Crippen molar-refractivity contribution in [2.24, 2.45) is 5.92 Å². The summed E-state index contributed by atoms with van der Waals surface area (Å²) < 4.78 is 5.91. The van der Waals surface area contributed by atoms with Crippen LogP contribution in [0.3, 0.4) is 0 Å². The molecule has 0 aromatic rings. The van der Waals surface area contributed by atoms with Gasteiger partial charge in [-0.1, -0.05) is 13.8 Å². The molecule has 0 aromatic carbocycles.